The lowest BCUT2D eigenvalue weighted by Gasteiger charge is -2.35. The van der Waals surface area contributed by atoms with Crippen LogP contribution in [0.2, 0.25) is 5.02 Å². The van der Waals surface area contributed by atoms with Crippen LogP contribution in [0, 0.1) is 5.92 Å². The van der Waals surface area contributed by atoms with Crippen molar-refractivity contribution >= 4 is 17.5 Å². The molecule has 1 fully saturated rings. The molecular weight excluding hydrogens is 262 g/mol. The van der Waals surface area contributed by atoms with Crippen LogP contribution in [0.15, 0.2) is 24.3 Å². The lowest BCUT2D eigenvalue weighted by Crippen LogP contribution is -2.49. The van der Waals surface area contributed by atoms with Crippen LogP contribution in [0.5, 0.6) is 0 Å². The molecule has 0 bridgehead atoms. The number of nitrogens with zero attached hydrogens (tertiary/aromatic N) is 1. The molecule has 0 N–H and O–H groups in total. The minimum absolute atomic E-state index is 0.0123. The standard InChI is InChI=1S/C15H20ClNO2/c1-11(9-13-3-5-14(16)6-4-13)15(18)17-7-8-19-10-12(17)2/h3-6,11-12H,7-10H2,1-2H3. The summed E-state index contributed by atoms with van der Waals surface area (Å²) in [6.45, 7) is 6.00. The lowest BCUT2D eigenvalue weighted by molar-refractivity contribution is -0.142. The zero-order chi connectivity index (χ0) is 13.8. The van der Waals surface area contributed by atoms with Crippen LogP contribution < -0.4 is 0 Å². The van der Waals surface area contributed by atoms with Crippen LogP contribution in [0.1, 0.15) is 19.4 Å². The van der Waals surface area contributed by atoms with Crippen LogP contribution in [0.25, 0.3) is 0 Å². The van der Waals surface area contributed by atoms with E-state index in [1.54, 1.807) is 0 Å². The van der Waals surface area contributed by atoms with Gasteiger partial charge in [0.25, 0.3) is 0 Å². The normalized spacial score (nSPS) is 21.2. The second kappa shape index (κ2) is 6.40. The van der Waals surface area contributed by atoms with Gasteiger partial charge in [0, 0.05) is 17.5 Å². The Morgan fingerprint density at radius 3 is 2.79 bits per heavy atom. The van der Waals surface area contributed by atoms with Crippen molar-refractivity contribution < 1.29 is 9.53 Å². The number of amides is 1. The first-order valence-corrected chi connectivity index (χ1v) is 7.08. The van der Waals surface area contributed by atoms with E-state index in [0.717, 1.165) is 17.0 Å². The molecule has 1 amide bonds. The maximum absolute atomic E-state index is 12.4. The predicted octanol–water partition coefficient (Wildman–Crippen LogP) is 2.77. The van der Waals surface area contributed by atoms with Gasteiger partial charge in [0.2, 0.25) is 5.91 Å². The molecule has 2 atom stereocenters. The molecule has 1 heterocycles. The third kappa shape index (κ3) is 3.71. The fourth-order valence-electron chi connectivity index (χ4n) is 2.40. The summed E-state index contributed by atoms with van der Waals surface area (Å²) in [4.78, 5) is 14.4. The molecule has 1 saturated heterocycles. The van der Waals surface area contributed by atoms with Crippen LogP contribution in [0.4, 0.5) is 0 Å². The van der Waals surface area contributed by atoms with Gasteiger partial charge in [-0.15, -0.1) is 0 Å². The maximum atomic E-state index is 12.4. The second-order valence-electron chi connectivity index (χ2n) is 5.19. The largest absolute Gasteiger partial charge is 0.377 e. The number of hydrogen-bond acceptors (Lipinski definition) is 2. The zero-order valence-electron chi connectivity index (χ0n) is 11.4. The van der Waals surface area contributed by atoms with E-state index in [1.807, 2.05) is 43.0 Å². The summed E-state index contributed by atoms with van der Waals surface area (Å²) in [5, 5.41) is 0.726. The molecule has 0 aromatic heterocycles. The Morgan fingerprint density at radius 2 is 2.16 bits per heavy atom. The highest BCUT2D eigenvalue weighted by Gasteiger charge is 2.27. The number of hydrogen-bond donors (Lipinski definition) is 0. The van der Waals surface area contributed by atoms with E-state index in [9.17, 15) is 4.79 Å². The van der Waals surface area contributed by atoms with Crippen molar-refractivity contribution in [1.82, 2.24) is 4.90 Å². The van der Waals surface area contributed by atoms with Crippen LogP contribution in [-0.4, -0.2) is 36.6 Å². The molecule has 0 aliphatic carbocycles. The minimum atomic E-state index is -0.0123. The molecule has 2 unspecified atom stereocenters. The Labute approximate surface area is 119 Å². The Kier molecular flexibility index (Phi) is 4.83. The second-order valence-corrected chi connectivity index (χ2v) is 5.62. The molecule has 2 rings (SSSR count). The molecule has 104 valence electrons. The molecule has 19 heavy (non-hydrogen) atoms. The fourth-order valence-corrected chi connectivity index (χ4v) is 2.52. The molecular formula is C15H20ClNO2. The molecule has 4 heteroatoms. The van der Waals surface area contributed by atoms with Crippen molar-refractivity contribution in [3.8, 4) is 0 Å². The number of benzene rings is 1. The van der Waals surface area contributed by atoms with Gasteiger partial charge in [-0.3, -0.25) is 4.79 Å². The third-order valence-corrected chi connectivity index (χ3v) is 3.78. The summed E-state index contributed by atoms with van der Waals surface area (Å²) in [5.41, 5.74) is 1.14. The topological polar surface area (TPSA) is 29.5 Å². The van der Waals surface area contributed by atoms with E-state index in [2.05, 4.69) is 0 Å². The van der Waals surface area contributed by atoms with Crippen LogP contribution >= 0.6 is 11.6 Å². The molecule has 0 saturated carbocycles. The number of ether oxygens (including phenoxy) is 1. The summed E-state index contributed by atoms with van der Waals surface area (Å²) in [7, 11) is 0. The van der Waals surface area contributed by atoms with E-state index in [1.165, 1.54) is 0 Å². The molecule has 1 aliphatic heterocycles. The van der Waals surface area contributed by atoms with Crippen LogP contribution in [-0.2, 0) is 16.0 Å². The van der Waals surface area contributed by atoms with Gasteiger partial charge >= 0.3 is 0 Å². The minimum Gasteiger partial charge on any atom is -0.377 e. The first kappa shape index (κ1) is 14.4. The van der Waals surface area contributed by atoms with Crippen molar-refractivity contribution in [2.45, 2.75) is 26.3 Å². The maximum Gasteiger partial charge on any atom is 0.226 e. The smallest absolute Gasteiger partial charge is 0.226 e. The van der Waals surface area contributed by atoms with Gasteiger partial charge in [-0.05, 0) is 31.0 Å². The zero-order valence-corrected chi connectivity index (χ0v) is 12.2. The van der Waals surface area contributed by atoms with E-state index >= 15 is 0 Å². The molecule has 1 aliphatic rings. The molecule has 1 aromatic rings. The van der Waals surface area contributed by atoms with Crippen molar-refractivity contribution in [2.75, 3.05) is 19.8 Å². The van der Waals surface area contributed by atoms with Gasteiger partial charge in [-0.1, -0.05) is 30.7 Å². The number of morpholine rings is 1. The first-order chi connectivity index (χ1) is 9.08. The Morgan fingerprint density at radius 1 is 1.47 bits per heavy atom. The van der Waals surface area contributed by atoms with Gasteiger partial charge < -0.3 is 9.64 Å². The average Bonchev–Trinajstić information content (AvgIpc) is 2.41. The quantitative estimate of drug-likeness (QED) is 0.853. The number of rotatable bonds is 3. The Hall–Kier alpha value is -1.06. The molecule has 1 aromatic carbocycles. The van der Waals surface area contributed by atoms with E-state index in [-0.39, 0.29) is 17.9 Å². The first-order valence-electron chi connectivity index (χ1n) is 6.70. The molecule has 0 radical (unpaired) electrons. The monoisotopic (exact) mass is 281 g/mol. The van der Waals surface area contributed by atoms with Gasteiger partial charge in [-0.2, -0.15) is 0 Å². The highest BCUT2D eigenvalue weighted by atomic mass is 35.5. The summed E-state index contributed by atoms with van der Waals surface area (Å²) in [6.07, 6.45) is 0.750. The fraction of sp³-hybridized carbons (Fsp3) is 0.533. The summed E-state index contributed by atoms with van der Waals surface area (Å²) in [6, 6.07) is 7.87. The Balaban J connectivity index is 1.96. The average molecular weight is 282 g/mol. The van der Waals surface area contributed by atoms with Crippen molar-refractivity contribution in [2.24, 2.45) is 5.92 Å². The van der Waals surface area contributed by atoms with E-state index in [0.29, 0.717) is 19.8 Å². The number of carbonyl (C=O) groups excluding carboxylic acids is 1. The van der Waals surface area contributed by atoms with E-state index in [4.69, 9.17) is 16.3 Å². The molecule has 0 spiro atoms. The lowest BCUT2D eigenvalue weighted by atomic mass is 9.99. The highest BCUT2D eigenvalue weighted by molar-refractivity contribution is 6.30. The van der Waals surface area contributed by atoms with Crippen molar-refractivity contribution in [1.29, 1.82) is 0 Å². The number of halogens is 1. The number of carbonyl (C=O) groups is 1. The SMILES string of the molecule is CC(Cc1ccc(Cl)cc1)C(=O)N1CCOCC1C. The van der Waals surface area contributed by atoms with Gasteiger partial charge in [0.05, 0.1) is 19.3 Å². The van der Waals surface area contributed by atoms with Gasteiger partial charge in [0.1, 0.15) is 0 Å². The van der Waals surface area contributed by atoms with Gasteiger partial charge in [-0.25, -0.2) is 0 Å². The third-order valence-electron chi connectivity index (χ3n) is 3.53. The van der Waals surface area contributed by atoms with Crippen LogP contribution in [0.3, 0.4) is 0 Å². The van der Waals surface area contributed by atoms with Crippen molar-refractivity contribution in [3.05, 3.63) is 34.9 Å². The summed E-state index contributed by atoms with van der Waals surface area (Å²) in [5.74, 6) is 0.201. The predicted molar refractivity (Wildman–Crippen MR) is 76.3 cm³/mol. The highest BCUT2D eigenvalue weighted by Crippen LogP contribution is 2.17. The van der Waals surface area contributed by atoms with E-state index < -0.39 is 0 Å². The summed E-state index contributed by atoms with van der Waals surface area (Å²) >= 11 is 5.86. The van der Waals surface area contributed by atoms with Crippen molar-refractivity contribution in [3.63, 3.8) is 0 Å². The van der Waals surface area contributed by atoms with Gasteiger partial charge in [0.15, 0.2) is 0 Å². The summed E-state index contributed by atoms with van der Waals surface area (Å²) < 4.78 is 5.36. The molecule has 3 nitrogen and oxygen atoms in total. The Bertz CT molecular complexity index is 432.